The van der Waals surface area contributed by atoms with E-state index in [-0.39, 0.29) is 37.3 Å². The molecule has 1 aliphatic rings. The monoisotopic (exact) mass is 549 g/mol. The first-order valence-electron chi connectivity index (χ1n) is 13.6. The van der Waals surface area contributed by atoms with Crippen molar-refractivity contribution in [3.8, 4) is 11.3 Å². The molecule has 2 aromatic heterocycles. The first-order valence-corrected chi connectivity index (χ1v) is 13.6. The number of carboxylic acid groups (broad SMARTS) is 1. The third-order valence-corrected chi connectivity index (χ3v) is 7.00. The summed E-state index contributed by atoms with van der Waals surface area (Å²) in [6.07, 6.45) is 6.56. The van der Waals surface area contributed by atoms with E-state index >= 15 is 0 Å². The Kier molecular flexibility index (Phi) is 9.36. The smallest absolute Gasteiger partial charge is 0.325 e. The molecule has 3 aromatic rings. The topological polar surface area (TPSA) is 151 Å². The van der Waals surface area contributed by atoms with E-state index in [2.05, 4.69) is 16.0 Å². The van der Waals surface area contributed by atoms with Gasteiger partial charge in [-0.15, -0.1) is 0 Å². The molecule has 2 amide bonds. The second-order valence-corrected chi connectivity index (χ2v) is 9.95. The maximum absolute atomic E-state index is 13.2. The van der Waals surface area contributed by atoms with Gasteiger partial charge in [0, 0.05) is 36.0 Å². The number of hydrogen-bond acceptors (Lipinski definition) is 7. The zero-order valence-electron chi connectivity index (χ0n) is 22.7. The first kappa shape index (κ1) is 28.6. The summed E-state index contributed by atoms with van der Waals surface area (Å²) in [5.41, 5.74) is 2.73. The van der Waals surface area contributed by atoms with Crippen LogP contribution in [0.5, 0.6) is 0 Å². The van der Waals surface area contributed by atoms with Crippen LogP contribution in [0.25, 0.3) is 16.9 Å². The number of pyridine rings is 1. The number of nitrogens with zero attached hydrogens (tertiary/aromatic N) is 2. The molecule has 0 bridgehead atoms. The molecule has 1 aromatic carbocycles. The molecule has 1 saturated carbocycles. The summed E-state index contributed by atoms with van der Waals surface area (Å²) in [5, 5.41) is 18.2. The van der Waals surface area contributed by atoms with Crippen molar-refractivity contribution in [1.82, 2.24) is 14.7 Å². The van der Waals surface area contributed by atoms with Crippen LogP contribution in [0, 0.1) is 5.92 Å². The predicted octanol–water partition coefficient (Wildman–Crippen LogP) is 4.09. The van der Waals surface area contributed by atoms with E-state index in [0.29, 0.717) is 28.4 Å². The molecular formula is C29H35N5O6. The minimum Gasteiger partial charge on any atom is -0.481 e. The number of ether oxygens (including phenoxy) is 1. The van der Waals surface area contributed by atoms with Gasteiger partial charge in [-0.3, -0.25) is 23.6 Å². The van der Waals surface area contributed by atoms with Crippen LogP contribution in [0.2, 0.25) is 0 Å². The fourth-order valence-electron chi connectivity index (χ4n) is 5.15. The number of fused-ring (bicyclic) bond motifs is 1. The Labute approximate surface area is 232 Å². The van der Waals surface area contributed by atoms with Gasteiger partial charge in [-0.25, -0.2) is 4.98 Å². The van der Waals surface area contributed by atoms with Gasteiger partial charge in [0.25, 0.3) is 5.91 Å². The van der Waals surface area contributed by atoms with Crippen molar-refractivity contribution < 1.29 is 29.0 Å². The summed E-state index contributed by atoms with van der Waals surface area (Å²) >= 11 is 0. The SMILES string of the molecule is CCOC(=O)CNc1c(-c2ccc(NC(C)=O)cc2)nc2cc(C(=O)NC(CC(=O)O)C3CCCCC3)ccn12. The zero-order chi connectivity index (χ0) is 28.6. The fraction of sp³-hybridized carbons (Fsp3) is 0.414. The Bertz CT molecular complexity index is 1380. The van der Waals surface area contributed by atoms with Crippen molar-refractivity contribution in [2.24, 2.45) is 5.92 Å². The number of esters is 1. The number of imidazole rings is 1. The Morgan fingerprint density at radius 1 is 1.10 bits per heavy atom. The normalized spacial score (nSPS) is 14.3. The zero-order valence-corrected chi connectivity index (χ0v) is 22.7. The Morgan fingerprint density at radius 2 is 1.82 bits per heavy atom. The summed E-state index contributed by atoms with van der Waals surface area (Å²) in [5.74, 6) is -1.23. The summed E-state index contributed by atoms with van der Waals surface area (Å²) < 4.78 is 6.79. The molecule has 1 fully saturated rings. The van der Waals surface area contributed by atoms with Crippen molar-refractivity contribution in [1.29, 1.82) is 0 Å². The highest BCUT2D eigenvalue weighted by molar-refractivity contribution is 5.96. The number of aromatic nitrogens is 2. The van der Waals surface area contributed by atoms with Gasteiger partial charge >= 0.3 is 11.9 Å². The number of carbonyl (C=O) groups excluding carboxylic acids is 3. The molecule has 1 unspecified atom stereocenters. The van der Waals surface area contributed by atoms with Crippen LogP contribution in [0.1, 0.15) is 62.7 Å². The summed E-state index contributed by atoms with van der Waals surface area (Å²) in [7, 11) is 0. The van der Waals surface area contributed by atoms with E-state index in [4.69, 9.17) is 9.72 Å². The van der Waals surface area contributed by atoms with Crippen molar-refractivity contribution in [3.05, 3.63) is 48.2 Å². The van der Waals surface area contributed by atoms with Crippen molar-refractivity contribution in [2.75, 3.05) is 23.8 Å². The van der Waals surface area contributed by atoms with E-state index in [1.165, 1.54) is 6.92 Å². The van der Waals surface area contributed by atoms with E-state index < -0.39 is 18.0 Å². The highest BCUT2D eigenvalue weighted by Crippen LogP contribution is 2.31. The van der Waals surface area contributed by atoms with E-state index in [1.54, 1.807) is 53.9 Å². The predicted molar refractivity (Wildman–Crippen MR) is 150 cm³/mol. The molecule has 11 heteroatoms. The number of carbonyl (C=O) groups is 4. The molecule has 1 aliphatic carbocycles. The standard InChI is InChI=1S/C29H35N5O6/c1-3-40-26(38)17-30-28-27(20-9-11-22(12-10-20)31-18(2)35)33-24-15-21(13-14-34(24)28)29(39)32-23(16-25(36)37)19-7-5-4-6-8-19/h9-15,19,23,30H,3-8,16-17H2,1-2H3,(H,31,35)(H,32,39)(H,36,37). The van der Waals surface area contributed by atoms with E-state index in [0.717, 1.165) is 37.7 Å². The molecule has 212 valence electrons. The van der Waals surface area contributed by atoms with Crippen molar-refractivity contribution in [2.45, 2.75) is 58.4 Å². The lowest BCUT2D eigenvalue weighted by Crippen LogP contribution is -2.42. The lowest BCUT2D eigenvalue weighted by atomic mass is 9.82. The lowest BCUT2D eigenvalue weighted by molar-refractivity contribution is -0.141. The molecule has 4 N–H and O–H groups in total. The van der Waals surface area contributed by atoms with Crippen molar-refractivity contribution in [3.63, 3.8) is 0 Å². The molecule has 40 heavy (non-hydrogen) atoms. The minimum absolute atomic E-state index is 0.0842. The van der Waals surface area contributed by atoms with Crippen LogP contribution in [0.15, 0.2) is 42.6 Å². The van der Waals surface area contributed by atoms with Crippen LogP contribution in [0.3, 0.4) is 0 Å². The molecular weight excluding hydrogens is 514 g/mol. The van der Waals surface area contributed by atoms with Crippen LogP contribution in [0.4, 0.5) is 11.5 Å². The van der Waals surface area contributed by atoms with Crippen molar-refractivity contribution >= 4 is 40.9 Å². The van der Waals surface area contributed by atoms with E-state index in [9.17, 15) is 24.3 Å². The molecule has 0 spiro atoms. The second-order valence-electron chi connectivity index (χ2n) is 9.95. The number of benzene rings is 1. The van der Waals surface area contributed by atoms with Crippen LogP contribution >= 0.6 is 0 Å². The maximum Gasteiger partial charge on any atom is 0.325 e. The number of aliphatic carboxylic acids is 1. The molecule has 4 rings (SSSR count). The Balaban J connectivity index is 1.64. The highest BCUT2D eigenvalue weighted by atomic mass is 16.5. The molecule has 0 aliphatic heterocycles. The molecule has 2 heterocycles. The van der Waals surface area contributed by atoms with Crippen LogP contribution in [-0.2, 0) is 19.1 Å². The summed E-state index contributed by atoms with van der Waals surface area (Å²) in [4.78, 5) is 53.0. The third kappa shape index (κ3) is 7.16. The van der Waals surface area contributed by atoms with Gasteiger partial charge in [-0.2, -0.15) is 0 Å². The minimum atomic E-state index is -0.939. The number of amides is 2. The fourth-order valence-corrected chi connectivity index (χ4v) is 5.15. The average molecular weight is 550 g/mol. The number of hydrogen-bond donors (Lipinski definition) is 4. The van der Waals surface area contributed by atoms with Crippen LogP contribution in [-0.4, -0.2) is 57.4 Å². The molecule has 0 saturated heterocycles. The van der Waals surface area contributed by atoms with Gasteiger partial charge in [-0.1, -0.05) is 31.4 Å². The largest absolute Gasteiger partial charge is 0.481 e. The van der Waals surface area contributed by atoms with Gasteiger partial charge in [0.2, 0.25) is 5.91 Å². The van der Waals surface area contributed by atoms with Gasteiger partial charge in [0.15, 0.2) is 0 Å². The summed E-state index contributed by atoms with van der Waals surface area (Å²) in [6.45, 7) is 3.34. The van der Waals surface area contributed by atoms with Gasteiger partial charge in [0.1, 0.15) is 23.7 Å². The Morgan fingerprint density at radius 3 is 2.48 bits per heavy atom. The number of carboxylic acids is 1. The molecule has 0 radical (unpaired) electrons. The molecule has 11 nitrogen and oxygen atoms in total. The third-order valence-electron chi connectivity index (χ3n) is 7.00. The number of anilines is 2. The highest BCUT2D eigenvalue weighted by Gasteiger charge is 2.28. The van der Waals surface area contributed by atoms with E-state index in [1.807, 2.05) is 0 Å². The van der Waals surface area contributed by atoms with Gasteiger partial charge < -0.3 is 25.8 Å². The average Bonchev–Trinajstić information content (AvgIpc) is 3.29. The second kappa shape index (κ2) is 13.1. The number of nitrogens with one attached hydrogen (secondary N) is 3. The van der Waals surface area contributed by atoms with Crippen LogP contribution < -0.4 is 16.0 Å². The quantitative estimate of drug-likeness (QED) is 0.261. The Hall–Kier alpha value is -4.41. The maximum atomic E-state index is 13.2. The first-order chi connectivity index (χ1) is 19.2. The molecule has 1 atom stereocenters. The van der Waals surface area contributed by atoms with Gasteiger partial charge in [0.05, 0.1) is 13.0 Å². The number of rotatable bonds is 11. The lowest BCUT2D eigenvalue weighted by Gasteiger charge is -2.30. The van der Waals surface area contributed by atoms with Gasteiger partial charge in [-0.05, 0) is 49.9 Å². The summed E-state index contributed by atoms with van der Waals surface area (Å²) in [6, 6.07) is 9.94.